The number of amides is 2. The summed E-state index contributed by atoms with van der Waals surface area (Å²) >= 11 is 0. The molecule has 0 bridgehead atoms. The fraction of sp³-hybridized carbons (Fsp3) is 0.308. The van der Waals surface area contributed by atoms with Crippen molar-refractivity contribution in [1.29, 1.82) is 0 Å². The molecular weight excluding hydrogens is 248 g/mol. The number of rotatable bonds is 4. The summed E-state index contributed by atoms with van der Waals surface area (Å²) in [7, 11) is 1.47. The minimum Gasteiger partial charge on any atom is -0.478 e. The molecule has 102 valence electrons. The van der Waals surface area contributed by atoms with Gasteiger partial charge >= 0.3 is 5.97 Å². The van der Waals surface area contributed by atoms with Crippen LogP contribution in [-0.4, -0.2) is 36.0 Å². The van der Waals surface area contributed by atoms with E-state index in [-0.39, 0.29) is 23.1 Å². The van der Waals surface area contributed by atoms with Gasteiger partial charge in [0, 0.05) is 14.0 Å². The van der Waals surface area contributed by atoms with Gasteiger partial charge in [0.1, 0.15) is 6.04 Å². The van der Waals surface area contributed by atoms with Crippen molar-refractivity contribution in [3.05, 3.63) is 29.8 Å². The molecule has 6 heteroatoms. The molecule has 0 radical (unpaired) electrons. The fourth-order valence-corrected chi connectivity index (χ4v) is 1.72. The quantitative estimate of drug-likeness (QED) is 0.844. The monoisotopic (exact) mass is 264 g/mol. The Morgan fingerprint density at radius 2 is 1.84 bits per heavy atom. The molecule has 6 nitrogen and oxygen atoms in total. The molecule has 1 aromatic carbocycles. The molecule has 0 aliphatic carbocycles. The van der Waals surface area contributed by atoms with Crippen LogP contribution in [0, 0.1) is 0 Å². The molecule has 2 amide bonds. The van der Waals surface area contributed by atoms with Gasteiger partial charge in [0.05, 0.1) is 11.3 Å². The highest BCUT2D eigenvalue weighted by atomic mass is 16.4. The Labute approximate surface area is 111 Å². The van der Waals surface area contributed by atoms with Gasteiger partial charge in [0.25, 0.3) is 0 Å². The summed E-state index contributed by atoms with van der Waals surface area (Å²) in [5.41, 5.74) is 0.325. The van der Waals surface area contributed by atoms with E-state index >= 15 is 0 Å². The normalized spacial score (nSPS) is 11.5. The summed E-state index contributed by atoms with van der Waals surface area (Å²) in [6.45, 7) is 2.86. The van der Waals surface area contributed by atoms with Gasteiger partial charge in [-0.25, -0.2) is 4.79 Å². The highest BCUT2D eigenvalue weighted by Gasteiger charge is 2.22. The molecule has 1 aromatic rings. The van der Waals surface area contributed by atoms with Crippen LogP contribution in [0.3, 0.4) is 0 Å². The lowest BCUT2D eigenvalue weighted by Gasteiger charge is -2.23. The van der Waals surface area contributed by atoms with Crippen molar-refractivity contribution in [2.75, 3.05) is 11.9 Å². The van der Waals surface area contributed by atoms with E-state index in [0.29, 0.717) is 0 Å². The zero-order valence-corrected chi connectivity index (χ0v) is 11.0. The molecule has 0 saturated heterocycles. The Morgan fingerprint density at radius 3 is 2.37 bits per heavy atom. The summed E-state index contributed by atoms with van der Waals surface area (Å²) in [5.74, 6) is -1.81. The molecule has 1 rings (SSSR count). The van der Waals surface area contributed by atoms with E-state index < -0.39 is 12.0 Å². The van der Waals surface area contributed by atoms with Crippen molar-refractivity contribution >= 4 is 23.5 Å². The summed E-state index contributed by atoms with van der Waals surface area (Å²) in [5, 5.41) is 11.5. The number of carboxylic acids is 1. The third kappa shape index (κ3) is 3.54. The number of aromatic carboxylic acids is 1. The van der Waals surface area contributed by atoms with Gasteiger partial charge in [-0.15, -0.1) is 0 Å². The summed E-state index contributed by atoms with van der Waals surface area (Å²) in [4.78, 5) is 35.3. The van der Waals surface area contributed by atoms with E-state index in [0.717, 1.165) is 0 Å². The van der Waals surface area contributed by atoms with E-state index in [2.05, 4.69) is 5.32 Å². The van der Waals surface area contributed by atoms with Crippen LogP contribution in [0.15, 0.2) is 24.3 Å². The summed E-state index contributed by atoms with van der Waals surface area (Å²) in [6, 6.07) is 5.48. The van der Waals surface area contributed by atoms with Crippen LogP contribution in [0.4, 0.5) is 5.69 Å². The molecule has 2 N–H and O–H groups in total. The molecule has 0 aliphatic heterocycles. The first-order valence-electron chi connectivity index (χ1n) is 5.71. The topological polar surface area (TPSA) is 86.7 Å². The Bertz CT molecular complexity index is 513. The predicted octanol–water partition coefficient (Wildman–Crippen LogP) is 0.872. The predicted molar refractivity (Wildman–Crippen MR) is 70.1 cm³/mol. The number of carbonyl (C=O) groups is 3. The average molecular weight is 264 g/mol. The van der Waals surface area contributed by atoms with Gasteiger partial charge in [-0.2, -0.15) is 0 Å². The second-order valence-corrected chi connectivity index (χ2v) is 4.14. The van der Waals surface area contributed by atoms with E-state index in [4.69, 9.17) is 5.11 Å². The lowest BCUT2D eigenvalue weighted by molar-refractivity contribution is -0.125. The van der Waals surface area contributed by atoms with Gasteiger partial charge < -0.3 is 15.3 Å². The van der Waals surface area contributed by atoms with Gasteiger partial charge in [-0.1, -0.05) is 12.1 Å². The zero-order valence-electron chi connectivity index (χ0n) is 11.0. The number of para-hydroxylation sites is 1. The SMILES string of the molecule is CC(=O)NC(C)C(=O)N(C)c1ccccc1C(=O)O. The minimum atomic E-state index is -1.11. The van der Waals surface area contributed by atoms with Crippen LogP contribution in [0.5, 0.6) is 0 Å². The van der Waals surface area contributed by atoms with Crippen LogP contribution in [0.25, 0.3) is 0 Å². The molecule has 0 saturated carbocycles. The zero-order chi connectivity index (χ0) is 14.6. The minimum absolute atomic E-state index is 0.0355. The van der Waals surface area contributed by atoms with Gasteiger partial charge in [-0.05, 0) is 19.1 Å². The van der Waals surface area contributed by atoms with Crippen molar-refractivity contribution in [1.82, 2.24) is 5.32 Å². The number of nitrogens with one attached hydrogen (secondary N) is 1. The first kappa shape index (κ1) is 14.7. The molecule has 0 spiro atoms. The van der Waals surface area contributed by atoms with Crippen LogP contribution in [0.1, 0.15) is 24.2 Å². The Morgan fingerprint density at radius 1 is 1.26 bits per heavy atom. The number of hydrogen-bond acceptors (Lipinski definition) is 3. The standard InChI is InChI=1S/C13H16N2O4/c1-8(14-9(2)16)12(17)15(3)11-7-5-4-6-10(11)13(18)19/h4-8H,1-3H3,(H,14,16)(H,18,19). The Balaban J connectivity index is 3.00. The summed E-state index contributed by atoms with van der Waals surface area (Å²) < 4.78 is 0. The molecule has 0 aliphatic rings. The highest BCUT2D eigenvalue weighted by Crippen LogP contribution is 2.19. The van der Waals surface area contributed by atoms with Crippen LogP contribution >= 0.6 is 0 Å². The molecular formula is C13H16N2O4. The van der Waals surface area contributed by atoms with Crippen molar-refractivity contribution in [3.63, 3.8) is 0 Å². The lowest BCUT2D eigenvalue weighted by Crippen LogP contribution is -2.45. The highest BCUT2D eigenvalue weighted by molar-refractivity contribution is 6.04. The van der Waals surface area contributed by atoms with Crippen LogP contribution < -0.4 is 10.2 Å². The second kappa shape index (κ2) is 5.99. The number of likely N-dealkylation sites (N-methyl/N-ethyl adjacent to an activating group) is 1. The van der Waals surface area contributed by atoms with Crippen LogP contribution in [-0.2, 0) is 9.59 Å². The number of anilines is 1. The number of carbonyl (C=O) groups excluding carboxylic acids is 2. The Hall–Kier alpha value is -2.37. The number of benzene rings is 1. The van der Waals surface area contributed by atoms with Gasteiger partial charge in [0.15, 0.2) is 0 Å². The van der Waals surface area contributed by atoms with Crippen molar-refractivity contribution in [3.8, 4) is 0 Å². The number of hydrogen-bond donors (Lipinski definition) is 2. The Kier molecular flexibility index (Phi) is 4.63. The second-order valence-electron chi connectivity index (χ2n) is 4.14. The molecule has 19 heavy (non-hydrogen) atoms. The smallest absolute Gasteiger partial charge is 0.337 e. The maximum absolute atomic E-state index is 12.1. The summed E-state index contributed by atoms with van der Waals surface area (Å²) in [6.07, 6.45) is 0. The maximum atomic E-state index is 12.1. The van der Waals surface area contributed by atoms with Crippen molar-refractivity contribution < 1.29 is 19.5 Å². The largest absolute Gasteiger partial charge is 0.478 e. The lowest BCUT2D eigenvalue weighted by atomic mass is 10.1. The maximum Gasteiger partial charge on any atom is 0.337 e. The first-order valence-corrected chi connectivity index (χ1v) is 5.71. The third-order valence-corrected chi connectivity index (χ3v) is 2.62. The molecule has 1 atom stereocenters. The van der Waals surface area contributed by atoms with Crippen molar-refractivity contribution in [2.24, 2.45) is 0 Å². The molecule has 0 heterocycles. The molecule has 1 unspecified atom stereocenters. The van der Waals surface area contributed by atoms with E-state index in [1.54, 1.807) is 25.1 Å². The molecule has 0 fully saturated rings. The third-order valence-electron chi connectivity index (χ3n) is 2.62. The van der Waals surface area contributed by atoms with E-state index in [9.17, 15) is 14.4 Å². The van der Waals surface area contributed by atoms with Crippen molar-refractivity contribution in [2.45, 2.75) is 19.9 Å². The van der Waals surface area contributed by atoms with E-state index in [1.807, 2.05) is 0 Å². The first-order chi connectivity index (χ1) is 8.84. The molecule has 0 aromatic heterocycles. The number of nitrogens with zero attached hydrogens (tertiary/aromatic N) is 1. The average Bonchev–Trinajstić information content (AvgIpc) is 2.36. The fourth-order valence-electron chi connectivity index (χ4n) is 1.72. The number of carboxylic acid groups (broad SMARTS) is 1. The van der Waals surface area contributed by atoms with E-state index in [1.165, 1.54) is 24.9 Å². The van der Waals surface area contributed by atoms with Crippen LogP contribution in [0.2, 0.25) is 0 Å². The van der Waals surface area contributed by atoms with Gasteiger partial charge in [0.2, 0.25) is 11.8 Å². The van der Waals surface area contributed by atoms with Gasteiger partial charge in [-0.3, -0.25) is 9.59 Å².